The van der Waals surface area contributed by atoms with E-state index in [4.69, 9.17) is 0 Å². The number of hydrogen-bond acceptors (Lipinski definition) is 3. The van der Waals surface area contributed by atoms with Crippen LogP contribution in [0.1, 0.15) is 51.1 Å². The van der Waals surface area contributed by atoms with Crippen LogP contribution in [-0.2, 0) is 9.59 Å². The fourth-order valence-corrected chi connectivity index (χ4v) is 3.71. The van der Waals surface area contributed by atoms with Crippen molar-refractivity contribution in [2.45, 2.75) is 51.6 Å². The second-order valence-corrected chi connectivity index (χ2v) is 6.75. The van der Waals surface area contributed by atoms with E-state index in [1.165, 1.54) is 0 Å². The van der Waals surface area contributed by atoms with Gasteiger partial charge >= 0.3 is 0 Å². The average molecular weight is 313 g/mol. The molecule has 1 aromatic carbocycles. The molecule has 3 rings (SSSR count). The zero-order valence-corrected chi connectivity index (χ0v) is 13.7. The number of rotatable bonds is 4. The number of Topliss-reactive ketones (excluding diaryl/α,β-unsaturated/α-hetero) is 1. The molecule has 4 nitrogen and oxygen atoms in total. The van der Waals surface area contributed by atoms with E-state index in [0.29, 0.717) is 0 Å². The minimum Gasteiger partial charge on any atom is -0.503 e. The lowest BCUT2D eigenvalue weighted by Gasteiger charge is -2.32. The van der Waals surface area contributed by atoms with E-state index in [1.807, 2.05) is 30.3 Å². The highest BCUT2D eigenvalue weighted by Gasteiger charge is 2.46. The Morgan fingerprint density at radius 1 is 1.17 bits per heavy atom. The first-order chi connectivity index (χ1) is 11.0. The molecule has 1 heterocycles. The average Bonchev–Trinajstić information content (AvgIpc) is 3.15. The van der Waals surface area contributed by atoms with Crippen molar-refractivity contribution in [3.63, 3.8) is 0 Å². The second-order valence-electron chi connectivity index (χ2n) is 6.75. The summed E-state index contributed by atoms with van der Waals surface area (Å²) >= 11 is 0. The van der Waals surface area contributed by atoms with Gasteiger partial charge < -0.3 is 10.0 Å². The van der Waals surface area contributed by atoms with Crippen LogP contribution in [0.25, 0.3) is 0 Å². The largest absolute Gasteiger partial charge is 0.503 e. The first kappa shape index (κ1) is 15.8. The molecular weight excluding hydrogens is 290 g/mol. The van der Waals surface area contributed by atoms with Crippen molar-refractivity contribution in [1.29, 1.82) is 0 Å². The maximum absolute atomic E-state index is 12.7. The van der Waals surface area contributed by atoms with Crippen LogP contribution >= 0.6 is 0 Å². The molecule has 4 heteroatoms. The number of nitrogens with zero attached hydrogens (tertiary/aromatic N) is 1. The van der Waals surface area contributed by atoms with Crippen LogP contribution in [0.2, 0.25) is 0 Å². The number of aliphatic hydroxyl groups excluding tert-OH is 1. The molecule has 0 bridgehead atoms. The van der Waals surface area contributed by atoms with Crippen molar-refractivity contribution < 1.29 is 14.7 Å². The van der Waals surface area contributed by atoms with Crippen LogP contribution in [-0.4, -0.2) is 27.7 Å². The number of ketones is 1. The van der Waals surface area contributed by atoms with Crippen LogP contribution in [0.15, 0.2) is 41.7 Å². The lowest BCUT2D eigenvalue weighted by atomic mass is 9.91. The van der Waals surface area contributed by atoms with E-state index >= 15 is 0 Å². The zero-order chi connectivity index (χ0) is 16.6. The normalized spacial score (nSPS) is 22.5. The molecule has 0 radical (unpaired) electrons. The van der Waals surface area contributed by atoms with Gasteiger partial charge in [-0.2, -0.15) is 0 Å². The zero-order valence-electron chi connectivity index (χ0n) is 13.7. The second kappa shape index (κ2) is 6.19. The maximum Gasteiger partial charge on any atom is 0.290 e. The van der Waals surface area contributed by atoms with Gasteiger partial charge in [-0.3, -0.25) is 9.59 Å². The molecule has 1 saturated carbocycles. The van der Waals surface area contributed by atoms with Gasteiger partial charge in [-0.25, -0.2) is 0 Å². The van der Waals surface area contributed by atoms with Gasteiger partial charge in [0, 0.05) is 12.0 Å². The highest BCUT2D eigenvalue weighted by molar-refractivity contribution is 6.09. The SMILES string of the molecule is CC(C)C(=O)C1=C(O)C(=O)N(C2CCCC2)C1c1ccccc1. The molecule has 1 aliphatic carbocycles. The van der Waals surface area contributed by atoms with Crippen molar-refractivity contribution in [1.82, 2.24) is 4.90 Å². The van der Waals surface area contributed by atoms with E-state index in [0.717, 1.165) is 31.2 Å². The summed E-state index contributed by atoms with van der Waals surface area (Å²) in [4.78, 5) is 27.1. The highest BCUT2D eigenvalue weighted by atomic mass is 16.3. The van der Waals surface area contributed by atoms with Crippen LogP contribution in [0.4, 0.5) is 0 Å². The quantitative estimate of drug-likeness (QED) is 0.925. The van der Waals surface area contributed by atoms with E-state index in [-0.39, 0.29) is 29.1 Å². The summed E-state index contributed by atoms with van der Waals surface area (Å²) < 4.78 is 0. The third kappa shape index (κ3) is 2.67. The number of benzene rings is 1. The lowest BCUT2D eigenvalue weighted by Crippen LogP contribution is -2.38. The number of amides is 1. The molecule has 1 fully saturated rings. The summed E-state index contributed by atoms with van der Waals surface area (Å²) in [5.41, 5.74) is 1.16. The molecule has 0 saturated heterocycles. The molecule has 1 atom stereocenters. The van der Waals surface area contributed by atoms with Crippen molar-refractivity contribution in [2.75, 3.05) is 0 Å². The topological polar surface area (TPSA) is 57.6 Å². The number of carbonyl (C=O) groups is 2. The maximum atomic E-state index is 12.7. The molecule has 23 heavy (non-hydrogen) atoms. The predicted molar refractivity (Wildman–Crippen MR) is 87.8 cm³/mol. The summed E-state index contributed by atoms with van der Waals surface area (Å²) in [5, 5.41) is 10.4. The smallest absolute Gasteiger partial charge is 0.290 e. The first-order valence-corrected chi connectivity index (χ1v) is 8.37. The Balaban J connectivity index is 2.08. The van der Waals surface area contributed by atoms with E-state index in [1.54, 1.807) is 18.7 Å². The minimum atomic E-state index is -0.457. The Labute approximate surface area is 136 Å². The minimum absolute atomic E-state index is 0.104. The van der Waals surface area contributed by atoms with Crippen molar-refractivity contribution >= 4 is 11.7 Å². The Bertz CT molecular complexity index is 642. The summed E-state index contributed by atoms with van der Waals surface area (Å²) in [6, 6.07) is 9.21. The number of aliphatic hydroxyl groups is 1. The van der Waals surface area contributed by atoms with Gasteiger partial charge in [-0.1, -0.05) is 57.0 Å². The number of carbonyl (C=O) groups excluding carboxylic acids is 2. The molecule has 1 aromatic rings. The highest BCUT2D eigenvalue weighted by Crippen LogP contribution is 2.42. The summed E-state index contributed by atoms with van der Waals surface area (Å²) in [7, 11) is 0. The first-order valence-electron chi connectivity index (χ1n) is 8.37. The third-order valence-electron chi connectivity index (χ3n) is 4.87. The van der Waals surface area contributed by atoms with Crippen LogP contribution in [0, 0.1) is 5.92 Å². The fourth-order valence-electron chi connectivity index (χ4n) is 3.71. The molecule has 1 aliphatic heterocycles. The predicted octanol–water partition coefficient (Wildman–Crippen LogP) is 3.55. The van der Waals surface area contributed by atoms with Crippen molar-refractivity contribution in [3.05, 3.63) is 47.2 Å². The molecule has 1 amide bonds. The van der Waals surface area contributed by atoms with Gasteiger partial charge in [0.25, 0.3) is 5.91 Å². The van der Waals surface area contributed by atoms with Gasteiger partial charge in [-0.15, -0.1) is 0 Å². The Kier molecular flexibility index (Phi) is 4.24. The summed E-state index contributed by atoms with van der Waals surface area (Å²) in [6.07, 6.45) is 4.05. The molecule has 0 aromatic heterocycles. The fraction of sp³-hybridized carbons (Fsp3) is 0.474. The molecule has 122 valence electrons. The van der Waals surface area contributed by atoms with Gasteiger partial charge in [0.1, 0.15) is 0 Å². The molecular formula is C19H23NO3. The lowest BCUT2D eigenvalue weighted by molar-refractivity contribution is -0.131. The van der Waals surface area contributed by atoms with E-state index in [2.05, 4.69) is 0 Å². The van der Waals surface area contributed by atoms with Gasteiger partial charge in [0.05, 0.1) is 11.6 Å². The van der Waals surface area contributed by atoms with Gasteiger partial charge in [-0.05, 0) is 18.4 Å². The van der Waals surface area contributed by atoms with Crippen molar-refractivity contribution in [3.8, 4) is 0 Å². The Morgan fingerprint density at radius 3 is 2.35 bits per heavy atom. The monoisotopic (exact) mass is 313 g/mol. The third-order valence-corrected chi connectivity index (χ3v) is 4.87. The van der Waals surface area contributed by atoms with E-state index in [9.17, 15) is 14.7 Å². The van der Waals surface area contributed by atoms with E-state index < -0.39 is 11.9 Å². The van der Waals surface area contributed by atoms with Gasteiger partial charge in [0.2, 0.25) is 0 Å². The molecule has 2 aliphatic rings. The van der Waals surface area contributed by atoms with Crippen LogP contribution in [0.5, 0.6) is 0 Å². The van der Waals surface area contributed by atoms with Crippen molar-refractivity contribution in [2.24, 2.45) is 5.92 Å². The standard InChI is InChI=1S/C19H23NO3/c1-12(2)17(21)15-16(13-8-4-3-5-9-13)20(19(23)18(15)22)14-10-6-7-11-14/h3-5,8-9,12,14,16,22H,6-7,10-11H2,1-2H3. The van der Waals surface area contributed by atoms with Gasteiger partial charge in [0.15, 0.2) is 11.5 Å². The van der Waals surface area contributed by atoms with Crippen LogP contribution < -0.4 is 0 Å². The summed E-state index contributed by atoms with van der Waals surface area (Å²) in [5.74, 6) is -1.15. The molecule has 1 N–H and O–H groups in total. The molecule has 1 unspecified atom stereocenters. The Morgan fingerprint density at radius 2 is 1.78 bits per heavy atom. The molecule has 0 spiro atoms. The Hall–Kier alpha value is -2.10. The summed E-state index contributed by atoms with van der Waals surface area (Å²) in [6.45, 7) is 3.60. The number of hydrogen-bond donors (Lipinski definition) is 1. The van der Waals surface area contributed by atoms with Crippen LogP contribution in [0.3, 0.4) is 0 Å².